The van der Waals surface area contributed by atoms with Gasteiger partial charge in [0.25, 0.3) is 11.8 Å². The molecule has 0 bridgehead atoms. The SMILES string of the molecule is COc1cc(C(=O)NCc2ccccc2OC)on1. The summed E-state index contributed by atoms with van der Waals surface area (Å²) in [5.41, 5.74) is 0.879. The van der Waals surface area contributed by atoms with Gasteiger partial charge in [0.05, 0.1) is 20.3 Å². The number of aromatic nitrogens is 1. The van der Waals surface area contributed by atoms with Crippen LogP contribution >= 0.6 is 0 Å². The molecule has 0 spiro atoms. The Hall–Kier alpha value is -2.50. The zero-order valence-electron chi connectivity index (χ0n) is 10.7. The molecule has 2 rings (SSSR count). The predicted octanol–water partition coefficient (Wildman–Crippen LogP) is 1.62. The maximum Gasteiger partial charge on any atom is 0.290 e. The highest BCUT2D eigenvalue weighted by molar-refractivity contribution is 5.91. The highest BCUT2D eigenvalue weighted by Crippen LogP contribution is 2.17. The third-order valence-corrected chi connectivity index (χ3v) is 2.55. The van der Waals surface area contributed by atoms with E-state index < -0.39 is 0 Å². The summed E-state index contributed by atoms with van der Waals surface area (Å²) < 4.78 is 14.9. The molecule has 1 aromatic carbocycles. The lowest BCUT2D eigenvalue weighted by Gasteiger charge is -2.08. The number of ether oxygens (including phenoxy) is 2. The van der Waals surface area contributed by atoms with Gasteiger partial charge in [0.1, 0.15) is 5.75 Å². The van der Waals surface area contributed by atoms with Crippen LogP contribution in [0.25, 0.3) is 0 Å². The lowest BCUT2D eigenvalue weighted by atomic mass is 10.2. The fourth-order valence-corrected chi connectivity index (χ4v) is 1.57. The van der Waals surface area contributed by atoms with Gasteiger partial charge in [-0.3, -0.25) is 4.79 Å². The number of para-hydroxylation sites is 1. The van der Waals surface area contributed by atoms with Gasteiger partial charge in [0.2, 0.25) is 5.76 Å². The van der Waals surface area contributed by atoms with Crippen LogP contribution in [0.4, 0.5) is 0 Å². The van der Waals surface area contributed by atoms with Crippen molar-refractivity contribution in [3.05, 3.63) is 41.7 Å². The minimum atomic E-state index is -0.360. The van der Waals surface area contributed by atoms with E-state index in [1.165, 1.54) is 13.2 Å². The molecule has 0 aliphatic carbocycles. The van der Waals surface area contributed by atoms with Crippen LogP contribution in [0.3, 0.4) is 0 Å². The smallest absolute Gasteiger partial charge is 0.290 e. The van der Waals surface area contributed by atoms with Crippen molar-refractivity contribution in [3.63, 3.8) is 0 Å². The molecule has 0 radical (unpaired) electrons. The molecule has 0 fully saturated rings. The molecule has 0 saturated carbocycles. The monoisotopic (exact) mass is 262 g/mol. The largest absolute Gasteiger partial charge is 0.496 e. The number of nitrogens with one attached hydrogen (secondary N) is 1. The van der Waals surface area contributed by atoms with E-state index >= 15 is 0 Å². The number of hydrogen-bond acceptors (Lipinski definition) is 5. The van der Waals surface area contributed by atoms with Gasteiger partial charge < -0.3 is 19.3 Å². The van der Waals surface area contributed by atoms with Crippen molar-refractivity contribution in [2.24, 2.45) is 0 Å². The lowest BCUT2D eigenvalue weighted by Crippen LogP contribution is -2.22. The molecular formula is C13H14N2O4. The minimum Gasteiger partial charge on any atom is -0.496 e. The Balaban J connectivity index is 2.00. The number of carbonyl (C=O) groups is 1. The second-order valence-corrected chi connectivity index (χ2v) is 3.73. The summed E-state index contributed by atoms with van der Waals surface area (Å²) in [4.78, 5) is 11.8. The first-order valence-corrected chi connectivity index (χ1v) is 5.65. The van der Waals surface area contributed by atoms with E-state index in [1.54, 1.807) is 7.11 Å². The molecule has 19 heavy (non-hydrogen) atoms. The number of rotatable bonds is 5. The maximum absolute atomic E-state index is 11.8. The van der Waals surface area contributed by atoms with Crippen LogP contribution in [-0.4, -0.2) is 25.3 Å². The number of amides is 1. The van der Waals surface area contributed by atoms with Crippen LogP contribution in [-0.2, 0) is 6.54 Å². The van der Waals surface area contributed by atoms with Crippen LogP contribution in [0, 0.1) is 0 Å². The first kappa shape index (κ1) is 12.9. The summed E-state index contributed by atoms with van der Waals surface area (Å²) in [7, 11) is 3.04. The molecule has 6 heteroatoms. The van der Waals surface area contributed by atoms with E-state index in [2.05, 4.69) is 10.5 Å². The van der Waals surface area contributed by atoms with Crippen LogP contribution < -0.4 is 14.8 Å². The van der Waals surface area contributed by atoms with Gasteiger partial charge in [0, 0.05) is 12.1 Å². The second kappa shape index (κ2) is 5.90. The lowest BCUT2D eigenvalue weighted by molar-refractivity contribution is 0.0913. The zero-order valence-corrected chi connectivity index (χ0v) is 10.7. The first-order chi connectivity index (χ1) is 9.24. The maximum atomic E-state index is 11.8. The Morgan fingerprint density at radius 3 is 2.79 bits per heavy atom. The summed E-state index contributed by atoms with van der Waals surface area (Å²) in [6.07, 6.45) is 0. The van der Waals surface area contributed by atoms with Gasteiger partial charge in [-0.25, -0.2) is 0 Å². The Morgan fingerprint density at radius 1 is 1.32 bits per heavy atom. The average Bonchev–Trinajstić information content (AvgIpc) is 2.94. The van der Waals surface area contributed by atoms with Crippen molar-refractivity contribution in [3.8, 4) is 11.6 Å². The van der Waals surface area contributed by atoms with E-state index in [1.807, 2.05) is 24.3 Å². The van der Waals surface area contributed by atoms with Gasteiger partial charge in [-0.2, -0.15) is 0 Å². The zero-order chi connectivity index (χ0) is 13.7. The summed E-state index contributed by atoms with van der Waals surface area (Å²) >= 11 is 0. The van der Waals surface area contributed by atoms with E-state index in [0.29, 0.717) is 6.54 Å². The van der Waals surface area contributed by atoms with E-state index in [9.17, 15) is 4.79 Å². The van der Waals surface area contributed by atoms with Gasteiger partial charge in [-0.15, -0.1) is 0 Å². The van der Waals surface area contributed by atoms with Crippen LogP contribution in [0.1, 0.15) is 16.1 Å². The van der Waals surface area contributed by atoms with Gasteiger partial charge in [-0.05, 0) is 11.2 Å². The third-order valence-electron chi connectivity index (χ3n) is 2.55. The van der Waals surface area contributed by atoms with Crippen molar-refractivity contribution >= 4 is 5.91 Å². The number of nitrogens with zero attached hydrogens (tertiary/aromatic N) is 1. The summed E-state index contributed by atoms with van der Waals surface area (Å²) in [5.74, 6) is 0.730. The summed E-state index contributed by atoms with van der Waals surface area (Å²) in [5, 5.41) is 6.28. The Morgan fingerprint density at radius 2 is 2.11 bits per heavy atom. The fraction of sp³-hybridized carbons (Fsp3) is 0.231. The normalized spacial score (nSPS) is 10.0. The third kappa shape index (κ3) is 3.04. The molecule has 6 nitrogen and oxygen atoms in total. The Labute approximate surface area is 110 Å². The van der Waals surface area contributed by atoms with E-state index in [4.69, 9.17) is 14.0 Å². The predicted molar refractivity (Wildman–Crippen MR) is 67.2 cm³/mol. The van der Waals surface area contributed by atoms with Gasteiger partial charge in [-0.1, -0.05) is 18.2 Å². The Kier molecular flexibility index (Phi) is 4.02. The molecule has 100 valence electrons. The summed E-state index contributed by atoms with van der Waals surface area (Å²) in [6, 6.07) is 8.88. The van der Waals surface area contributed by atoms with E-state index in [0.717, 1.165) is 11.3 Å². The number of hydrogen-bond donors (Lipinski definition) is 1. The molecule has 1 aromatic heterocycles. The number of methoxy groups -OCH3 is 2. The molecule has 2 aromatic rings. The fourth-order valence-electron chi connectivity index (χ4n) is 1.57. The molecule has 1 amide bonds. The first-order valence-electron chi connectivity index (χ1n) is 5.65. The van der Waals surface area contributed by atoms with Gasteiger partial charge >= 0.3 is 0 Å². The molecule has 1 N–H and O–H groups in total. The van der Waals surface area contributed by atoms with Crippen molar-refractivity contribution in [1.29, 1.82) is 0 Å². The Bertz CT molecular complexity index is 565. The topological polar surface area (TPSA) is 73.6 Å². The molecule has 0 aliphatic heterocycles. The van der Waals surface area contributed by atoms with Crippen molar-refractivity contribution in [1.82, 2.24) is 10.5 Å². The molecular weight excluding hydrogens is 248 g/mol. The van der Waals surface area contributed by atoms with Crippen molar-refractivity contribution in [2.75, 3.05) is 14.2 Å². The molecule has 0 atom stereocenters. The molecule has 0 aliphatic rings. The molecule has 0 unspecified atom stereocenters. The van der Waals surface area contributed by atoms with Crippen LogP contribution in [0.15, 0.2) is 34.9 Å². The number of carbonyl (C=O) groups excluding carboxylic acids is 1. The van der Waals surface area contributed by atoms with Gasteiger partial charge in [0.15, 0.2) is 0 Å². The average molecular weight is 262 g/mol. The second-order valence-electron chi connectivity index (χ2n) is 3.73. The van der Waals surface area contributed by atoms with E-state index in [-0.39, 0.29) is 17.5 Å². The van der Waals surface area contributed by atoms with Crippen LogP contribution in [0.5, 0.6) is 11.6 Å². The van der Waals surface area contributed by atoms with Crippen molar-refractivity contribution < 1.29 is 18.8 Å². The number of benzene rings is 1. The quantitative estimate of drug-likeness (QED) is 0.886. The minimum absolute atomic E-state index is 0.103. The highest BCUT2D eigenvalue weighted by atomic mass is 16.5. The summed E-state index contributed by atoms with van der Waals surface area (Å²) in [6.45, 7) is 0.339. The standard InChI is InChI=1S/C13H14N2O4/c1-17-10-6-4-3-5-9(10)8-14-13(16)11-7-12(18-2)15-19-11/h3-7H,8H2,1-2H3,(H,14,16). The highest BCUT2D eigenvalue weighted by Gasteiger charge is 2.13. The van der Waals surface area contributed by atoms with Crippen LogP contribution in [0.2, 0.25) is 0 Å². The molecule has 0 saturated heterocycles. The van der Waals surface area contributed by atoms with Crippen molar-refractivity contribution in [2.45, 2.75) is 6.54 Å². The molecule has 1 heterocycles.